The number of rotatable bonds is 13. The van der Waals surface area contributed by atoms with Gasteiger partial charge >= 0.3 is 0 Å². The molecule has 0 unspecified atom stereocenters. The molecule has 1 aromatic heterocycles. The number of piperidine rings is 2. The number of hydrogen-bond donors (Lipinski definition) is 0. The molecular formula is C39H58N2O3. The van der Waals surface area contributed by atoms with Crippen molar-refractivity contribution < 1.29 is 13.9 Å². The van der Waals surface area contributed by atoms with Crippen molar-refractivity contribution in [3.63, 3.8) is 0 Å². The van der Waals surface area contributed by atoms with Crippen LogP contribution in [0.4, 0.5) is 0 Å². The van der Waals surface area contributed by atoms with E-state index in [9.17, 15) is 0 Å². The zero-order chi connectivity index (χ0) is 31.1. The Labute approximate surface area is 267 Å². The molecule has 0 atom stereocenters. The van der Waals surface area contributed by atoms with Crippen molar-refractivity contribution in [2.45, 2.75) is 91.4 Å². The largest absolute Gasteiger partial charge is 0.493 e. The molecular weight excluding hydrogens is 544 g/mol. The van der Waals surface area contributed by atoms with Gasteiger partial charge in [0.05, 0.1) is 13.7 Å². The van der Waals surface area contributed by atoms with Gasteiger partial charge in [0.15, 0.2) is 11.5 Å². The van der Waals surface area contributed by atoms with Crippen molar-refractivity contribution >= 4 is 11.1 Å². The summed E-state index contributed by atoms with van der Waals surface area (Å²) < 4.78 is 18.5. The fourth-order valence-electron chi connectivity index (χ4n) is 7.76. The Morgan fingerprint density at radius 2 is 1.70 bits per heavy atom. The molecule has 44 heavy (non-hydrogen) atoms. The van der Waals surface area contributed by atoms with E-state index < -0.39 is 0 Å². The average Bonchev–Trinajstić information content (AvgIpc) is 3.44. The summed E-state index contributed by atoms with van der Waals surface area (Å²) in [5.41, 5.74) is 5.71. The van der Waals surface area contributed by atoms with Crippen molar-refractivity contribution in [1.82, 2.24) is 9.80 Å². The lowest BCUT2D eigenvalue weighted by Gasteiger charge is -2.52. The first-order valence-electron chi connectivity index (χ1n) is 17.4. The highest BCUT2D eigenvalue weighted by Gasteiger charge is 2.44. The fourth-order valence-corrected chi connectivity index (χ4v) is 7.76. The lowest BCUT2D eigenvalue weighted by molar-refractivity contribution is -0.0105. The third-order valence-electron chi connectivity index (χ3n) is 10.7. The number of unbranched alkanes of at least 4 members (excludes halogenated alkanes) is 1. The first kappa shape index (κ1) is 32.9. The highest BCUT2D eigenvalue weighted by atomic mass is 16.5. The second kappa shape index (κ2) is 15.2. The zero-order valence-electron chi connectivity index (χ0n) is 28.6. The number of allylic oxidation sites excluding steroid dienone is 4. The molecule has 0 amide bonds. The summed E-state index contributed by atoms with van der Waals surface area (Å²) in [5.74, 6) is 5.10. The van der Waals surface area contributed by atoms with Gasteiger partial charge in [0.2, 0.25) is 0 Å². The van der Waals surface area contributed by atoms with Crippen molar-refractivity contribution in [3.05, 3.63) is 59.1 Å². The van der Waals surface area contributed by atoms with Crippen LogP contribution in [0, 0.1) is 31.1 Å². The summed E-state index contributed by atoms with van der Waals surface area (Å²) in [7, 11) is 6.25. The summed E-state index contributed by atoms with van der Waals surface area (Å²) in [6.07, 6.45) is 18.5. The van der Waals surface area contributed by atoms with E-state index >= 15 is 0 Å². The van der Waals surface area contributed by atoms with Crippen LogP contribution in [-0.4, -0.2) is 63.8 Å². The Morgan fingerprint density at radius 3 is 2.36 bits per heavy atom. The zero-order valence-corrected chi connectivity index (χ0v) is 28.6. The van der Waals surface area contributed by atoms with E-state index in [-0.39, 0.29) is 0 Å². The van der Waals surface area contributed by atoms with Crippen LogP contribution >= 0.6 is 0 Å². The van der Waals surface area contributed by atoms with Gasteiger partial charge in [0.1, 0.15) is 11.5 Å². The maximum absolute atomic E-state index is 6.43. The minimum atomic E-state index is 0.606. The van der Waals surface area contributed by atoms with Crippen LogP contribution in [0.5, 0.6) is 11.5 Å². The van der Waals surface area contributed by atoms with E-state index in [2.05, 4.69) is 74.2 Å². The highest BCUT2D eigenvalue weighted by Crippen LogP contribution is 2.54. The molecule has 1 aliphatic carbocycles. The minimum absolute atomic E-state index is 0.606. The molecule has 5 heteroatoms. The molecule has 3 aliphatic rings. The Morgan fingerprint density at radius 1 is 0.977 bits per heavy atom. The molecule has 0 N–H and O–H groups in total. The van der Waals surface area contributed by atoms with Gasteiger partial charge in [-0.2, -0.15) is 0 Å². The molecule has 2 saturated heterocycles. The molecule has 1 spiro atoms. The third-order valence-corrected chi connectivity index (χ3v) is 10.7. The quantitative estimate of drug-likeness (QED) is 0.214. The standard InChI is InChI=1S/C39H58N2O3/c1-7-8-11-34(36-14-13-30(3)44-36)24-33(12-9-10-32-26-39(27-32)17-21-41(5)22-18-39)35-25-37(42-6)38(23-29(35)2)43-28-31-15-19-40(4)20-16-31/h11,13-14,23-25,31-32H,7-10,12,15-22,26-28H2,1-6H3/b33-24-,34-11-. The van der Waals surface area contributed by atoms with Gasteiger partial charge in [-0.25, -0.2) is 0 Å². The maximum atomic E-state index is 6.43. The second-order valence-corrected chi connectivity index (χ2v) is 14.4. The number of likely N-dealkylation sites (tertiary alicyclic amines) is 2. The Hall–Kier alpha value is -2.50. The first-order valence-corrected chi connectivity index (χ1v) is 17.4. The van der Waals surface area contributed by atoms with Gasteiger partial charge in [-0.1, -0.05) is 25.8 Å². The number of benzene rings is 1. The summed E-state index contributed by atoms with van der Waals surface area (Å²) in [4.78, 5) is 4.91. The topological polar surface area (TPSA) is 38.1 Å². The van der Waals surface area contributed by atoms with Crippen molar-refractivity contribution in [1.29, 1.82) is 0 Å². The number of nitrogens with zero attached hydrogens (tertiary/aromatic N) is 2. The number of methoxy groups -OCH3 is 1. The predicted molar refractivity (Wildman–Crippen MR) is 183 cm³/mol. The minimum Gasteiger partial charge on any atom is -0.493 e. The van der Waals surface area contributed by atoms with E-state index in [0.717, 1.165) is 67.9 Å². The molecule has 242 valence electrons. The molecule has 1 saturated carbocycles. The van der Waals surface area contributed by atoms with E-state index in [0.29, 0.717) is 11.3 Å². The molecule has 2 aliphatic heterocycles. The normalized spacial score (nSPS) is 20.7. The van der Waals surface area contributed by atoms with Gasteiger partial charge in [-0.05, 0) is 176 Å². The summed E-state index contributed by atoms with van der Waals surface area (Å²) in [6.45, 7) is 12.1. The molecule has 5 rings (SSSR count). The Bertz CT molecular complexity index is 1270. The van der Waals surface area contributed by atoms with Crippen LogP contribution in [0.3, 0.4) is 0 Å². The van der Waals surface area contributed by atoms with Crippen LogP contribution in [0.15, 0.2) is 40.8 Å². The summed E-state index contributed by atoms with van der Waals surface area (Å²) in [6, 6.07) is 8.63. The van der Waals surface area contributed by atoms with E-state index in [1.807, 2.05) is 6.92 Å². The van der Waals surface area contributed by atoms with Gasteiger partial charge in [0.25, 0.3) is 0 Å². The molecule has 3 heterocycles. The first-order chi connectivity index (χ1) is 21.3. The molecule has 1 aromatic carbocycles. The van der Waals surface area contributed by atoms with Crippen molar-refractivity contribution in [2.24, 2.45) is 17.3 Å². The van der Waals surface area contributed by atoms with Gasteiger partial charge in [-0.15, -0.1) is 0 Å². The SMILES string of the molecule is CCC/C=C(/C=C(/CCCC1CC2(CCN(C)CC2)C1)c1cc(OC)c(OCC2CCN(C)CC2)cc1C)c1ccc(C)o1. The van der Waals surface area contributed by atoms with Crippen molar-refractivity contribution in [2.75, 3.05) is 54.0 Å². The lowest BCUT2D eigenvalue weighted by atomic mass is 9.56. The molecule has 5 nitrogen and oxygen atoms in total. The van der Waals surface area contributed by atoms with Crippen LogP contribution < -0.4 is 9.47 Å². The van der Waals surface area contributed by atoms with E-state index in [4.69, 9.17) is 13.9 Å². The predicted octanol–water partition coefficient (Wildman–Crippen LogP) is 9.19. The van der Waals surface area contributed by atoms with Gasteiger partial charge < -0.3 is 23.7 Å². The summed E-state index contributed by atoms with van der Waals surface area (Å²) in [5, 5.41) is 0. The maximum Gasteiger partial charge on any atom is 0.161 e. The van der Waals surface area contributed by atoms with Gasteiger partial charge in [-0.3, -0.25) is 0 Å². The van der Waals surface area contributed by atoms with Crippen LogP contribution in [-0.2, 0) is 0 Å². The lowest BCUT2D eigenvalue weighted by Crippen LogP contribution is -2.45. The Kier molecular flexibility index (Phi) is 11.4. The van der Waals surface area contributed by atoms with E-state index in [1.165, 1.54) is 86.7 Å². The second-order valence-electron chi connectivity index (χ2n) is 14.4. The van der Waals surface area contributed by atoms with Crippen LogP contribution in [0.25, 0.3) is 11.1 Å². The van der Waals surface area contributed by atoms with E-state index in [1.54, 1.807) is 7.11 Å². The summed E-state index contributed by atoms with van der Waals surface area (Å²) >= 11 is 0. The number of hydrogen-bond acceptors (Lipinski definition) is 5. The van der Waals surface area contributed by atoms with Gasteiger partial charge in [0, 0.05) is 5.57 Å². The van der Waals surface area contributed by atoms with Crippen LogP contribution in [0.2, 0.25) is 0 Å². The van der Waals surface area contributed by atoms with Crippen molar-refractivity contribution in [3.8, 4) is 11.5 Å². The number of furan rings is 1. The molecule has 3 fully saturated rings. The highest BCUT2D eigenvalue weighted by molar-refractivity contribution is 5.84. The number of ether oxygens (including phenoxy) is 2. The Balaban J connectivity index is 1.34. The molecule has 0 bridgehead atoms. The monoisotopic (exact) mass is 602 g/mol. The molecule has 2 aromatic rings. The molecule has 0 radical (unpaired) electrons. The number of aryl methyl sites for hydroxylation is 2. The third kappa shape index (κ3) is 8.40. The fraction of sp³-hybridized carbons (Fsp3) is 0.641. The smallest absolute Gasteiger partial charge is 0.161 e. The van der Waals surface area contributed by atoms with Crippen LogP contribution in [0.1, 0.15) is 100 Å². The average molecular weight is 603 g/mol.